The Bertz CT molecular complexity index is 344. The van der Waals surface area contributed by atoms with Gasteiger partial charge in [0, 0.05) is 24.4 Å². The molecule has 1 rings (SSSR count). The number of aromatic nitrogens is 1. The smallest absolute Gasteiger partial charge is 0.122 e. The fourth-order valence-corrected chi connectivity index (χ4v) is 2.39. The molecule has 0 radical (unpaired) electrons. The predicted molar refractivity (Wildman–Crippen MR) is 74.8 cm³/mol. The van der Waals surface area contributed by atoms with Gasteiger partial charge in [0.15, 0.2) is 0 Å². The summed E-state index contributed by atoms with van der Waals surface area (Å²) in [6.45, 7) is 6.08. The van der Waals surface area contributed by atoms with Gasteiger partial charge in [-0.1, -0.05) is 6.92 Å². The van der Waals surface area contributed by atoms with E-state index < -0.39 is 0 Å². The van der Waals surface area contributed by atoms with Gasteiger partial charge in [0.2, 0.25) is 0 Å². The number of thioether (sulfide) groups is 1. The molecule has 0 aliphatic rings. The number of methoxy groups -OCH3 is 1. The fraction of sp³-hybridized carbons (Fsp3) is 0.615. The standard InChI is InChI=1S/C13H22N2OS/c1-10(9-17-4)7-14-8-12-6-13(16-3)5-11(2)15-12/h5-6,10,14H,7-9H2,1-4H3. The minimum atomic E-state index is 0.691. The number of aryl methyl sites for hydroxylation is 1. The first-order valence-corrected chi connectivity index (χ1v) is 7.26. The number of ether oxygens (including phenoxy) is 1. The number of nitrogens with zero attached hydrogens (tertiary/aromatic N) is 1. The Balaban J connectivity index is 2.43. The second kappa shape index (κ2) is 7.56. The van der Waals surface area contributed by atoms with E-state index in [9.17, 15) is 0 Å². The maximum Gasteiger partial charge on any atom is 0.122 e. The maximum atomic E-state index is 5.23. The van der Waals surface area contributed by atoms with Crippen molar-refractivity contribution in [2.75, 3.05) is 25.7 Å². The summed E-state index contributed by atoms with van der Waals surface area (Å²) >= 11 is 1.89. The molecular formula is C13H22N2OS. The number of hydrogen-bond acceptors (Lipinski definition) is 4. The van der Waals surface area contributed by atoms with Crippen LogP contribution in [0.25, 0.3) is 0 Å². The molecule has 0 saturated carbocycles. The molecule has 1 N–H and O–H groups in total. The number of pyridine rings is 1. The number of nitrogens with one attached hydrogen (secondary N) is 1. The molecule has 0 spiro atoms. The van der Waals surface area contributed by atoms with Crippen LogP contribution in [0.15, 0.2) is 12.1 Å². The minimum Gasteiger partial charge on any atom is -0.497 e. The Morgan fingerprint density at radius 2 is 2.24 bits per heavy atom. The largest absolute Gasteiger partial charge is 0.497 e. The van der Waals surface area contributed by atoms with Crippen molar-refractivity contribution in [3.63, 3.8) is 0 Å². The Hall–Kier alpha value is -0.740. The molecule has 1 aromatic heterocycles. The summed E-state index contributed by atoms with van der Waals surface area (Å²) in [5, 5.41) is 3.43. The van der Waals surface area contributed by atoms with Crippen molar-refractivity contribution in [2.45, 2.75) is 20.4 Å². The molecule has 0 fully saturated rings. The molecule has 1 atom stereocenters. The van der Waals surface area contributed by atoms with Crippen LogP contribution in [0, 0.1) is 12.8 Å². The summed E-state index contributed by atoms with van der Waals surface area (Å²) in [4.78, 5) is 4.48. The summed E-state index contributed by atoms with van der Waals surface area (Å²) in [6, 6.07) is 3.93. The van der Waals surface area contributed by atoms with Crippen LogP contribution in [0.5, 0.6) is 5.75 Å². The summed E-state index contributed by atoms with van der Waals surface area (Å²) in [7, 11) is 1.69. The molecule has 0 aliphatic carbocycles. The second-order valence-electron chi connectivity index (χ2n) is 4.33. The van der Waals surface area contributed by atoms with E-state index in [0.29, 0.717) is 5.92 Å². The summed E-state index contributed by atoms with van der Waals surface area (Å²) in [5.41, 5.74) is 2.04. The molecule has 96 valence electrons. The lowest BCUT2D eigenvalue weighted by molar-refractivity contribution is 0.412. The van der Waals surface area contributed by atoms with Gasteiger partial charge in [0.25, 0.3) is 0 Å². The highest BCUT2D eigenvalue weighted by molar-refractivity contribution is 7.98. The van der Waals surface area contributed by atoms with Crippen LogP contribution in [0.3, 0.4) is 0 Å². The summed E-state index contributed by atoms with van der Waals surface area (Å²) < 4.78 is 5.23. The van der Waals surface area contributed by atoms with Gasteiger partial charge < -0.3 is 10.1 Å². The van der Waals surface area contributed by atoms with Crippen LogP contribution in [0.1, 0.15) is 18.3 Å². The molecule has 1 heterocycles. The van der Waals surface area contributed by atoms with Crippen molar-refractivity contribution in [3.8, 4) is 5.75 Å². The summed E-state index contributed by atoms with van der Waals surface area (Å²) in [6.07, 6.45) is 2.14. The highest BCUT2D eigenvalue weighted by Crippen LogP contribution is 2.13. The fourth-order valence-electron chi connectivity index (χ4n) is 1.70. The minimum absolute atomic E-state index is 0.691. The van der Waals surface area contributed by atoms with E-state index >= 15 is 0 Å². The Kier molecular flexibility index (Phi) is 6.37. The quantitative estimate of drug-likeness (QED) is 0.810. The highest BCUT2D eigenvalue weighted by Gasteiger charge is 2.03. The van der Waals surface area contributed by atoms with E-state index in [2.05, 4.69) is 23.5 Å². The lowest BCUT2D eigenvalue weighted by atomic mass is 10.2. The SMILES string of the molecule is COc1cc(C)nc(CNCC(C)CSC)c1. The van der Waals surface area contributed by atoms with Crippen molar-refractivity contribution >= 4 is 11.8 Å². The van der Waals surface area contributed by atoms with E-state index in [1.54, 1.807) is 7.11 Å². The third-order valence-electron chi connectivity index (χ3n) is 2.47. The van der Waals surface area contributed by atoms with Crippen LogP contribution in [0.2, 0.25) is 0 Å². The van der Waals surface area contributed by atoms with Crippen LogP contribution < -0.4 is 10.1 Å². The monoisotopic (exact) mass is 254 g/mol. The average molecular weight is 254 g/mol. The molecule has 0 saturated heterocycles. The normalized spacial score (nSPS) is 12.5. The zero-order chi connectivity index (χ0) is 12.7. The van der Waals surface area contributed by atoms with E-state index in [-0.39, 0.29) is 0 Å². The highest BCUT2D eigenvalue weighted by atomic mass is 32.2. The first-order valence-electron chi connectivity index (χ1n) is 5.87. The second-order valence-corrected chi connectivity index (χ2v) is 5.24. The number of rotatable bonds is 7. The van der Waals surface area contributed by atoms with Crippen LogP contribution in [-0.4, -0.2) is 30.6 Å². The predicted octanol–water partition coefficient (Wildman–Crippen LogP) is 2.49. The molecule has 0 aliphatic heterocycles. The third-order valence-corrected chi connectivity index (χ3v) is 3.37. The zero-order valence-corrected chi connectivity index (χ0v) is 11.9. The number of hydrogen-bond donors (Lipinski definition) is 1. The molecular weight excluding hydrogens is 232 g/mol. The van der Waals surface area contributed by atoms with Crippen molar-refractivity contribution < 1.29 is 4.74 Å². The van der Waals surface area contributed by atoms with Gasteiger partial charge in [0.05, 0.1) is 12.8 Å². The Labute approximate surface area is 108 Å². The molecule has 0 bridgehead atoms. The van der Waals surface area contributed by atoms with Crippen molar-refractivity contribution in [2.24, 2.45) is 5.92 Å². The van der Waals surface area contributed by atoms with Gasteiger partial charge in [-0.25, -0.2) is 0 Å². The van der Waals surface area contributed by atoms with Crippen molar-refractivity contribution in [3.05, 3.63) is 23.5 Å². The van der Waals surface area contributed by atoms with Crippen molar-refractivity contribution in [1.82, 2.24) is 10.3 Å². The van der Waals surface area contributed by atoms with Crippen LogP contribution in [-0.2, 0) is 6.54 Å². The van der Waals surface area contributed by atoms with Crippen LogP contribution >= 0.6 is 11.8 Å². The van der Waals surface area contributed by atoms with Crippen LogP contribution in [0.4, 0.5) is 0 Å². The lowest BCUT2D eigenvalue weighted by Gasteiger charge is -2.11. The Morgan fingerprint density at radius 3 is 2.88 bits per heavy atom. The van der Waals surface area contributed by atoms with Crippen molar-refractivity contribution in [1.29, 1.82) is 0 Å². The first-order chi connectivity index (χ1) is 8.15. The van der Waals surface area contributed by atoms with Gasteiger partial charge in [-0.3, -0.25) is 4.98 Å². The van der Waals surface area contributed by atoms with E-state index in [4.69, 9.17) is 4.74 Å². The molecule has 17 heavy (non-hydrogen) atoms. The van der Waals surface area contributed by atoms with Gasteiger partial charge in [-0.15, -0.1) is 0 Å². The topological polar surface area (TPSA) is 34.1 Å². The third kappa shape index (κ3) is 5.41. The lowest BCUT2D eigenvalue weighted by Crippen LogP contribution is -2.22. The first kappa shape index (κ1) is 14.3. The average Bonchev–Trinajstić information content (AvgIpc) is 2.28. The molecule has 3 nitrogen and oxygen atoms in total. The maximum absolute atomic E-state index is 5.23. The van der Waals surface area contributed by atoms with E-state index in [1.165, 1.54) is 5.75 Å². The molecule has 1 unspecified atom stereocenters. The van der Waals surface area contributed by atoms with E-state index in [0.717, 1.165) is 30.2 Å². The van der Waals surface area contributed by atoms with Gasteiger partial charge in [-0.05, 0) is 31.4 Å². The van der Waals surface area contributed by atoms with Gasteiger partial charge in [-0.2, -0.15) is 11.8 Å². The molecule has 4 heteroatoms. The van der Waals surface area contributed by atoms with Gasteiger partial charge in [0.1, 0.15) is 5.75 Å². The Morgan fingerprint density at radius 1 is 1.47 bits per heavy atom. The molecule has 0 amide bonds. The van der Waals surface area contributed by atoms with E-state index in [1.807, 2.05) is 30.8 Å². The summed E-state index contributed by atoms with van der Waals surface area (Å²) in [5.74, 6) is 2.76. The zero-order valence-electron chi connectivity index (χ0n) is 11.1. The van der Waals surface area contributed by atoms with Gasteiger partial charge >= 0.3 is 0 Å². The molecule has 0 aromatic carbocycles. The molecule has 1 aromatic rings.